The monoisotopic (exact) mass is 217 g/mol. The lowest BCUT2D eigenvalue weighted by atomic mass is 10.2. The third-order valence-corrected chi connectivity index (χ3v) is 1.99. The van der Waals surface area contributed by atoms with Crippen molar-refractivity contribution in [2.45, 2.75) is 6.92 Å². The number of halogens is 2. The molecule has 0 unspecified atom stereocenters. The normalized spacial score (nSPS) is 9.93. The van der Waals surface area contributed by atoms with Crippen LogP contribution in [0.4, 0.5) is 10.1 Å². The molecule has 0 aliphatic heterocycles. The Morgan fingerprint density at radius 3 is 2.86 bits per heavy atom. The van der Waals surface area contributed by atoms with E-state index in [2.05, 4.69) is 5.32 Å². The molecule has 0 spiro atoms. The Balaban J connectivity index is 2.87. The Morgan fingerprint density at radius 1 is 1.64 bits per heavy atom. The number of rotatable bonds is 3. The molecule has 0 aliphatic carbocycles. The highest BCUT2D eigenvalue weighted by Crippen LogP contribution is 2.24. The Labute approximate surface area is 85.5 Å². The Hall–Kier alpha value is -1.29. The van der Waals surface area contributed by atoms with Crippen LogP contribution in [0, 0.1) is 12.7 Å². The number of hydrogen-bond donors (Lipinski definition) is 2. The van der Waals surface area contributed by atoms with E-state index in [1.54, 1.807) is 6.92 Å². The van der Waals surface area contributed by atoms with Crippen LogP contribution in [0.2, 0.25) is 5.02 Å². The van der Waals surface area contributed by atoms with Crippen molar-refractivity contribution in [2.24, 2.45) is 0 Å². The largest absolute Gasteiger partial charge is 0.480 e. The molecule has 0 fully saturated rings. The second-order valence-electron chi connectivity index (χ2n) is 2.83. The van der Waals surface area contributed by atoms with Gasteiger partial charge in [0, 0.05) is 0 Å². The molecule has 5 heteroatoms. The van der Waals surface area contributed by atoms with Gasteiger partial charge in [-0.1, -0.05) is 11.6 Å². The maximum absolute atomic E-state index is 13.0. The van der Waals surface area contributed by atoms with E-state index in [0.29, 0.717) is 10.6 Å². The van der Waals surface area contributed by atoms with E-state index in [9.17, 15) is 9.18 Å². The van der Waals surface area contributed by atoms with Gasteiger partial charge in [0.15, 0.2) is 0 Å². The second kappa shape index (κ2) is 4.28. The van der Waals surface area contributed by atoms with Gasteiger partial charge in [0.25, 0.3) is 0 Å². The molecule has 0 radical (unpaired) electrons. The van der Waals surface area contributed by atoms with E-state index in [1.807, 2.05) is 0 Å². The van der Waals surface area contributed by atoms with Gasteiger partial charge in [-0.2, -0.15) is 0 Å². The minimum atomic E-state index is -1.03. The van der Waals surface area contributed by atoms with E-state index < -0.39 is 11.8 Å². The third kappa shape index (κ3) is 2.60. The number of benzene rings is 1. The van der Waals surface area contributed by atoms with Crippen molar-refractivity contribution in [3.05, 3.63) is 28.5 Å². The van der Waals surface area contributed by atoms with Crippen LogP contribution in [0.15, 0.2) is 12.1 Å². The lowest BCUT2D eigenvalue weighted by Gasteiger charge is -2.07. The van der Waals surface area contributed by atoms with Crippen LogP contribution in [0.1, 0.15) is 5.56 Å². The predicted molar refractivity (Wildman–Crippen MR) is 52.3 cm³/mol. The van der Waals surface area contributed by atoms with Gasteiger partial charge < -0.3 is 10.4 Å². The zero-order valence-electron chi connectivity index (χ0n) is 7.47. The van der Waals surface area contributed by atoms with Crippen LogP contribution in [0.25, 0.3) is 0 Å². The molecule has 0 atom stereocenters. The molecule has 0 aromatic heterocycles. The van der Waals surface area contributed by atoms with Crippen molar-refractivity contribution in [3.63, 3.8) is 0 Å². The van der Waals surface area contributed by atoms with Crippen LogP contribution >= 0.6 is 11.6 Å². The summed E-state index contributed by atoms with van der Waals surface area (Å²) in [5, 5.41) is 11.2. The maximum Gasteiger partial charge on any atom is 0.322 e. The van der Waals surface area contributed by atoms with Crippen molar-refractivity contribution in [3.8, 4) is 0 Å². The quantitative estimate of drug-likeness (QED) is 0.817. The SMILES string of the molecule is Cc1cc(Cl)c(NCC(=O)O)cc1F. The third-order valence-electron chi connectivity index (χ3n) is 1.68. The molecule has 0 saturated heterocycles. The summed E-state index contributed by atoms with van der Waals surface area (Å²) in [6, 6.07) is 2.63. The lowest BCUT2D eigenvalue weighted by molar-refractivity contribution is -0.134. The number of carboxylic acid groups (broad SMARTS) is 1. The van der Waals surface area contributed by atoms with Crippen LogP contribution < -0.4 is 5.32 Å². The number of anilines is 1. The molecule has 2 N–H and O–H groups in total. The summed E-state index contributed by atoms with van der Waals surface area (Å²) in [5.41, 5.74) is 0.716. The van der Waals surface area contributed by atoms with Crippen LogP contribution in [-0.4, -0.2) is 17.6 Å². The number of nitrogens with one attached hydrogen (secondary N) is 1. The van der Waals surface area contributed by atoms with Crippen molar-refractivity contribution in [1.29, 1.82) is 0 Å². The highest BCUT2D eigenvalue weighted by atomic mass is 35.5. The van der Waals surface area contributed by atoms with E-state index in [1.165, 1.54) is 12.1 Å². The van der Waals surface area contributed by atoms with E-state index in [4.69, 9.17) is 16.7 Å². The highest BCUT2D eigenvalue weighted by molar-refractivity contribution is 6.33. The Bertz CT molecular complexity index is 368. The first kappa shape index (κ1) is 10.8. The first-order chi connectivity index (χ1) is 6.50. The summed E-state index contributed by atoms with van der Waals surface area (Å²) < 4.78 is 13.0. The number of carboxylic acids is 1. The minimum absolute atomic E-state index is 0.289. The summed E-state index contributed by atoms with van der Waals surface area (Å²) in [7, 11) is 0. The minimum Gasteiger partial charge on any atom is -0.480 e. The summed E-state index contributed by atoms with van der Waals surface area (Å²) in [6.07, 6.45) is 0. The molecule has 0 aliphatic rings. The smallest absolute Gasteiger partial charge is 0.322 e. The zero-order valence-corrected chi connectivity index (χ0v) is 8.23. The highest BCUT2D eigenvalue weighted by Gasteiger charge is 2.06. The summed E-state index contributed by atoms with van der Waals surface area (Å²) in [6.45, 7) is 1.30. The molecular formula is C9H9ClFNO2. The van der Waals surface area contributed by atoms with Crippen LogP contribution in [-0.2, 0) is 4.79 Å². The van der Waals surface area contributed by atoms with Crippen molar-refractivity contribution < 1.29 is 14.3 Å². The lowest BCUT2D eigenvalue weighted by Crippen LogP contribution is -2.12. The molecule has 0 bridgehead atoms. The summed E-state index contributed by atoms with van der Waals surface area (Å²) in [5.74, 6) is -1.44. The maximum atomic E-state index is 13.0. The predicted octanol–water partition coefficient (Wildman–Crippen LogP) is 2.28. The molecule has 76 valence electrons. The number of carbonyl (C=O) groups is 1. The second-order valence-corrected chi connectivity index (χ2v) is 3.24. The van der Waals surface area contributed by atoms with Gasteiger partial charge in [0.2, 0.25) is 0 Å². The molecule has 0 heterocycles. The molecule has 0 saturated carbocycles. The fraction of sp³-hybridized carbons (Fsp3) is 0.222. The van der Waals surface area contributed by atoms with Gasteiger partial charge in [0.1, 0.15) is 12.4 Å². The van der Waals surface area contributed by atoms with E-state index in [-0.39, 0.29) is 12.2 Å². The van der Waals surface area contributed by atoms with Gasteiger partial charge in [-0.05, 0) is 24.6 Å². The average molecular weight is 218 g/mol. The average Bonchev–Trinajstić information content (AvgIpc) is 2.09. The van der Waals surface area contributed by atoms with E-state index >= 15 is 0 Å². The molecule has 1 aromatic carbocycles. The molecule has 1 rings (SSSR count). The number of aliphatic carboxylic acids is 1. The molecule has 0 amide bonds. The standard InChI is InChI=1S/C9H9ClFNO2/c1-5-2-6(10)8(3-7(5)11)12-4-9(13)14/h2-3,12H,4H2,1H3,(H,13,14). The fourth-order valence-electron chi connectivity index (χ4n) is 0.953. The van der Waals surface area contributed by atoms with Gasteiger partial charge in [0.05, 0.1) is 10.7 Å². The fourth-order valence-corrected chi connectivity index (χ4v) is 1.24. The van der Waals surface area contributed by atoms with E-state index in [0.717, 1.165) is 0 Å². The van der Waals surface area contributed by atoms with Crippen molar-refractivity contribution >= 4 is 23.3 Å². The number of aryl methyl sites for hydroxylation is 1. The topological polar surface area (TPSA) is 49.3 Å². The molecular weight excluding hydrogens is 209 g/mol. The molecule has 1 aromatic rings. The summed E-state index contributed by atoms with van der Waals surface area (Å²) >= 11 is 5.76. The molecule has 3 nitrogen and oxygen atoms in total. The van der Waals surface area contributed by atoms with Gasteiger partial charge in [-0.3, -0.25) is 4.79 Å². The zero-order chi connectivity index (χ0) is 10.7. The Morgan fingerprint density at radius 2 is 2.29 bits per heavy atom. The first-order valence-electron chi connectivity index (χ1n) is 3.92. The van der Waals surface area contributed by atoms with Crippen LogP contribution in [0.5, 0.6) is 0 Å². The van der Waals surface area contributed by atoms with Gasteiger partial charge in [-0.15, -0.1) is 0 Å². The molecule has 14 heavy (non-hydrogen) atoms. The van der Waals surface area contributed by atoms with Gasteiger partial charge in [-0.25, -0.2) is 4.39 Å². The van der Waals surface area contributed by atoms with Gasteiger partial charge >= 0.3 is 5.97 Å². The Kier molecular flexibility index (Phi) is 3.30. The first-order valence-corrected chi connectivity index (χ1v) is 4.30. The van der Waals surface area contributed by atoms with Crippen LogP contribution in [0.3, 0.4) is 0 Å². The van der Waals surface area contributed by atoms with Crippen molar-refractivity contribution in [1.82, 2.24) is 0 Å². The number of hydrogen-bond acceptors (Lipinski definition) is 2. The summed E-state index contributed by atoms with van der Waals surface area (Å²) in [4.78, 5) is 10.2. The van der Waals surface area contributed by atoms with Crippen molar-refractivity contribution in [2.75, 3.05) is 11.9 Å².